The van der Waals surface area contributed by atoms with Gasteiger partial charge < -0.3 is 5.73 Å². The van der Waals surface area contributed by atoms with Gasteiger partial charge in [-0.2, -0.15) is 5.10 Å². The molecule has 0 aliphatic carbocycles. The monoisotopic (exact) mass is 271 g/mol. The molecule has 96 valence electrons. The normalized spacial score (nSPS) is 12.7. The van der Waals surface area contributed by atoms with Crippen molar-refractivity contribution in [3.05, 3.63) is 52.3 Å². The van der Waals surface area contributed by atoms with Crippen LogP contribution in [0.3, 0.4) is 0 Å². The Morgan fingerprint density at radius 1 is 1.39 bits per heavy atom. The summed E-state index contributed by atoms with van der Waals surface area (Å²) in [5, 5.41) is 4.47. The largest absolute Gasteiger partial charge is 0.319 e. The molecule has 1 unspecified atom stereocenters. The topological polar surface area (TPSA) is 43.8 Å². The Bertz CT molecular complexity index is 568. The standard InChI is InChI=1S/C12H12ClF2N3/c1-2-18-12(8(13)6-17-18)11(16)7-3-4-9(14)10(15)5-7/h3-6,11H,2,16H2,1H3. The fourth-order valence-corrected chi connectivity index (χ4v) is 2.06. The molecule has 2 N–H and O–H groups in total. The molecule has 0 spiro atoms. The van der Waals surface area contributed by atoms with Gasteiger partial charge in [-0.1, -0.05) is 17.7 Å². The highest BCUT2D eigenvalue weighted by Crippen LogP contribution is 2.27. The van der Waals surface area contributed by atoms with E-state index in [4.69, 9.17) is 17.3 Å². The van der Waals surface area contributed by atoms with Gasteiger partial charge in [0.1, 0.15) is 0 Å². The maximum atomic E-state index is 13.2. The molecule has 0 bridgehead atoms. The predicted octanol–water partition coefficient (Wildman–Crippen LogP) is 2.88. The molecule has 0 radical (unpaired) electrons. The van der Waals surface area contributed by atoms with Gasteiger partial charge in [0, 0.05) is 6.54 Å². The Labute approximate surface area is 108 Å². The molecule has 0 aliphatic heterocycles. The third-order valence-electron chi connectivity index (χ3n) is 2.73. The van der Waals surface area contributed by atoms with Crippen LogP contribution in [0.1, 0.15) is 24.2 Å². The van der Waals surface area contributed by atoms with Crippen LogP contribution in [0.15, 0.2) is 24.4 Å². The lowest BCUT2D eigenvalue weighted by atomic mass is 10.0. The minimum Gasteiger partial charge on any atom is -0.319 e. The second-order valence-electron chi connectivity index (χ2n) is 3.84. The van der Waals surface area contributed by atoms with E-state index >= 15 is 0 Å². The van der Waals surface area contributed by atoms with Crippen LogP contribution in [0.4, 0.5) is 8.78 Å². The van der Waals surface area contributed by atoms with Crippen molar-refractivity contribution in [2.75, 3.05) is 0 Å². The number of hydrogen-bond donors (Lipinski definition) is 1. The summed E-state index contributed by atoms with van der Waals surface area (Å²) in [6.07, 6.45) is 1.49. The first-order valence-corrected chi connectivity index (χ1v) is 5.84. The average Bonchev–Trinajstić information content (AvgIpc) is 2.73. The Morgan fingerprint density at radius 2 is 2.11 bits per heavy atom. The van der Waals surface area contributed by atoms with Crippen molar-refractivity contribution < 1.29 is 8.78 Å². The highest BCUT2D eigenvalue weighted by molar-refractivity contribution is 6.31. The van der Waals surface area contributed by atoms with Gasteiger partial charge in [-0.05, 0) is 24.6 Å². The van der Waals surface area contributed by atoms with Crippen molar-refractivity contribution >= 4 is 11.6 Å². The number of nitrogens with zero attached hydrogens (tertiary/aromatic N) is 2. The zero-order valence-corrected chi connectivity index (χ0v) is 10.5. The molecule has 6 heteroatoms. The minimum absolute atomic E-state index is 0.411. The van der Waals surface area contributed by atoms with Crippen molar-refractivity contribution in [3.63, 3.8) is 0 Å². The third kappa shape index (κ3) is 2.23. The number of rotatable bonds is 3. The van der Waals surface area contributed by atoms with Crippen LogP contribution in [0.5, 0.6) is 0 Å². The van der Waals surface area contributed by atoms with Crippen molar-refractivity contribution in [1.82, 2.24) is 9.78 Å². The first kappa shape index (κ1) is 13.0. The highest BCUT2D eigenvalue weighted by atomic mass is 35.5. The van der Waals surface area contributed by atoms with Crippen LogP contribution in [-0.4, -0.2) is 9.78 Å². The van der Waals surface area contributed by atoms with Crippen LogP contribution >= 0.6 is 11.6 Å². The van der Waals surface area contributed by atoms with E-state index in [0.717, 1.165) is 12.1 Å². The fraction of sp³-hybridized carbons (Fsp3) is 0.250. The van der Waals surface area contributed by atoms with Gasteiger partial charge in [-0.15, -0.1) is 0 Å². The van der Waals surface area contributed by atoms with E-state index in [9.17, 15) is 8.78 Å². The molecule has 0 saturated heterocycles. The summed E-state index contributed by atoms with van der Waals surface area (Å²) in [5.74, 6) is -1.83. The molecule has 18 heavy (non-hydrogen) atoms. The Balaban J connectivity index is 2.44. The van der Waals surface area contributed by atoms with E-state index in [-0.39, 0.29) is 0 Å². The molecule has 0 saturated carbocycles. The lowest BCUT2D eigenvalue weighted by Gasteiger charge is -2.14. The van der Waals surface area contributed by atoms with E-state index in [1.807, 2.05) is 6.92 Å². The van der Waals surface area contributed by atoms with Gasteiger partial charge in [0.05, 0.1) is 23.0 Å². The number of aromatic nitrogens is 2. The van der Waals surface area contributed by atoms with Gasteiger partial charge >= 0.3 is 0 Å². The third-order valence-corrected chi connectivity index (χ3v) is 3.02. The first-order valence-electron chi connectivity index (χ1n) is 5.46. The molecular formula is C12H12ClF2N3. The second kappa shape index (κ2) is 5.04. The molecule has 0 fully saturated rings. The van der Waals surface area contributed by atoms with E-state index in [1.165, 1.54) is 12.3 Å². The van der Waals surface area contributed by atoms with Crippen LogP contribution in [-0.2, 0) is 6.54 Å². The molecular weight excluding hydrogens is 260 g/mol. The zero-order valence-electron chi connectivity index (χ0n) is 9.70. The Hall–Kier alpha value is -1.46. The summed E-state index contributed by atoms with van der Waals surface area (Å²) in [5.41, 5.74) is 7.06. The van der Waals surface area contributed by atoms with Crippen molar-refractivity contribution in [1.29, 1.82) is 0 Å². The van der Waals surface area contributed by atoms with Gasteiger partial charge in [-0.3, -0.25) is 4.68 Å². The van der Waals surface area contributed by atoms with Gasteiger partial charge in [0.15, 0.2) is 11.6 Å². The van der Waals surface area contributed by atoms with Crippen molar-refractivity contribution in [2.45, 2.75) is 19.5 Å². The van der Waals surface area contributed by atoms with E-state index in [1.54, 1.807) is 4.68 Å². The number of hydrogen-bond acceptors (Lipinski definition) is 2. The van der Waals surface area contributed by atoms with E-state index in [2.05, 4.69) is 5.10 Å². The minimum atomic E-state index is -0.929. The van der Waals surface area contributed by atoms with Gasteiger partial charge in [-0.25, -0.2) is 8.78 Å². The summed E-state index contributed by atoms with van der Waals surface area (Å²) in [6.45, 7) is 2.49. The maximum absolute atomic E-state index is 13.2. The number of benzene rings is 1. The summed E-state index contributed by atoms with van der Waals surface area (Å²) in [7, 11) is 0. The van der Waals surface area contributed by atoms with Gasteiger partial charge in [0.25, 0.3) is 0 Å². The fourth-order valence-electron chi connectivity index (χ4n) is 1.80. The first-order chi connectivity index (χ1) is 8.54. The smallest absolute Gasteiger partial charge is 0.159 e. The number of aryl methyl sites for hydroxylation is 1. The Kier molecular flexibility index (Phi) is 3.63. The second-order valence-corrected chi connectivity index (χ2v) is 4.25. The quantitative estimate of drug-likeness (QED) is 0.933. The lowest BCUT2D eigenvalue weighted by Crippen LogP contribution is -2.18. The van der Waals surface area contributed by atoms with Crippen LogP contribution in [0, 0.1) is 11.6 Å². The van der Waals surface area contributed by atoms with Crippen LogP contribution in [0.25, 0.3) is 0 Å². The van der Waals surface area contributed by atoms with Crippen LogP contribution < -0.4 is 5.73 Å². The zero-order chi connectivity index (χ0) is 13.3. The van der Waals surface area contributed by atoms with Crippen molar-refractivity contribution in [3.8, 4) is 0 Å². The highest BCUT2D eigenvalue weighted by Gasteiger charge is 2.19. The molecule has 1 atom stereocenters. The molecule has 1 aromatic carbocycles. The molecule has 0 amide bonds. The van der Waals surface area contributed by atoms with E-state index < -0.39 is 17.7 Å². The summed E-state index contributed by atoms with van der Waals surface area (Å²) in [6, 6.07) is 2.91. The van der Waals surface area contributed by atoms with E-state index in [0.29, 0.717) is 22.8 Å². The summed E-state index contributed by atoms with van der Waals surface area (Å²) >= 11 is 6.01. The molecule has 1 heterocycles. The lowest BCUT2D eigenvalue weighted by molar-refractivity contribution is 0.505. The number of nitrogens with two attached hydrogens (primary N) is 1. The summed E-state index contributed by atoms with van der Waals surface area (Å²) < 4.78 is 27.7. The predicted molar refractivity (Wildman–Crippen MR) is 65.3 cm³/mol. The molecule has 2 rings (SSSR count). The molecule has 1 aromatic heterocycles. The molecule has 0 aliphatic rings. The summed E-state index contributed by atoms with van der Waals surface area (Å²) in [4.78, 5) is 0. The number of halogens is 3. The maximum Gasteiger partial charge on any atom is 0.159 e. The Morgan fingerprint density at radius 3 is 2.72 bits per heavy atom. The van der Waals surface area contributed by atoms with Gasteiger partial charge in [0.2, 0.25) is 0 Å². The molecule has 2 aromatic rings. The average molecular weight is 272 g/mol. The van der Waals surface area contributed by atoms with Crippen LogP contribution in [0.2, 0.25) is 5.02 Å². The SMILES string of the molecule is CCn1ncc(Cl)c1C(N)c1ccc(F)c(F)c1. The van der Waals surface area contributed by atoms with Crippen molar-refractivity contribution in [2.24, 2.45) is 5.73 Å². The molecule has 3 nitrogen and oxygen atoms in total.